The van der Waals surface area contributed by atoms with Gasteiger partial charge in [-0.05, 0) is 42.6 Å². The highest BCUT2D eigenvalue weighted by Gasteiger charge is 2.23. The van der Waals surface area contributed by atoms with Gasteiger partial charge < -0.3 is 16.2 Å². The van der Waals surface area contributed by atoms with E-state index < -0.39 is 12.0 Å². The van der Waals surface area contributed by atoms with Crippen LogP contribution in [0.5, 0.6) is 0 Å². The number of carboxylic acids is 1. The topological polar surface area (TPSA) is 92.4 Å². The number of aliphatic carboxylic acids is 1. The molecule has 1 atom stereocenters. The molecule has 0 aliphatic heterocycles. The summed E-state index contributed by atoms with van der Waals surface area (Å²) in [6, 6.07) is 23.0. The van der Waals surface area contributed by atoms with E-state index in [1.165, 1.54) is 11.3 Å². The molecule has 29 heavy (non-hydrogen) atoms. The Kier molecular flexibility index (Phi) is 7.16. The lowest BCUT2D eigenvalue weighted by molar-refractivity contribution is -0.139. The Morgan fingerprint density at radius 2 is 1.52 bits per heavy atom. The smallest absolute Gasteiger partial charge is 0.326 e. The number of thiophene rings is 1. The molecule has 0 spiro atoms. The summed E-state index contributed by atoms with van der Waals surface area (Å²) in [5.74, 6) is -1.41. The molecular formula is C23H24N2O3S. The van der Waals surface area contributed by atoms with Gasteiger partial charge in [0.05, 0.1) is 4.88 Å². The third kappa shape index (κ3) is 5.31. The molecule has 1 aromatic heterocycles. The summed E-state index contributed by atoms with van der Waals surface area (Å²) < 4.78 is 0. The Morgan fingerprint density at radius 3 is 2.03 bits per heavy atom. The number of benzene rings is 2. The lowest BCUT2D eigenvalue weighted by Crippen LogP contribution is -2.40. The second-order valence-electron chi connectivity index (χ2n) is 6.75. The lowest BCUT2D eigenvalue weighted by atomic mass is 9.90. The van der Waals surface area contributed by atoms with Gasteiger partial charge in [-0.3, -0.25) is 4.79 Å². The van der Waals surface area contributed by atoms with E-state index in [-0.39, 0.29) is 11.8 Å². The third-order valence-electron chi connectivity index (χ3n) is 4.70. The van der Waals surface area contributed by atoms with Crippen molar-refractivity contribution in [2.45, 2.75) is 24.8 Å². The zero-order valence-corrected chi connectivity index (χ0v) is 16.8. The molecule has 0 aliphatic carbocycles. The maximum atomic E-state index is 12.6. The summed E-state index contributed by atoms with van der Waals surface area (Å²) in [5.41, 5.74) is 7.74. The Labute approximate surface area is 174 Å². The molecule has 2 aromatic carbocycles. The minimum Gasteiger partial charge on any atom is -0.480 e. The van der Waals surface area contributed by atoms with Crippen molar-refractivity contribution < 1.29 is 14.7 Å². The molecule has 5 nitrogen and oxygen atoms in total. The summed E-state index contributed by atoms with van der Waals surface area (Å²) in [7, 11) is 0. The lowest BCUT2D eigenvalue weighted by Gasteiger charge is -2.17. The van der Waals surface area contributed by atoms with Crippen LogP contribution < -0.4 is 11.1 Å². The largest absolute Gasteiger partial charge is 0.480 e. The first-order valence-electron chi connectivity index (χ1n) is 9.53. The predicted octanol–water partition coefficient (Wildman–Crippen LogP) is 3.85. The Hall–Kier alpha value is -2.96. The molecule has 1 unspecified atom stereocenters. The van der Waals surface area contributed by atoms with Gasteiger partial charge in [-0.15, -0.1) is 11.3 Å². The van der Waals surface area contributed by atoms with Crippen LogP contribution in [-0.4, -0.2) is 29.6 Å². The Balaban J connectivity index is 1.86. The van der Waals surface area contributed by atoms with Crippen LogP contribution in [0, 0.1) is 0 Å². The first kappa shape index (κ1) is 20.8. The fourth-order valence-corrected chi connectivity index (χ4v) is 4.32. The monoisotopic (exact) mass is 408 g/mol. The molecule has 6 heteroatoms. The van der Waals surface area contributed by atoms with Crippen LogP contribution in [-0.2, 0) is 4.79 Å². The van der Waals surface area contributed by atoms with Crippen molar-refractivity contribution in [3.8, 4) is 0 Å². The molecule has 4 N–H and O–H groups in total. The zero-order chi connectivity index (χ0) is 20.6. The van der Waals surface area contributed by atoms with Gasteiger partial charge in [0.15, 0.2) is 0 Å². The number of amides is 1. The fraction of sp³-hybridized carbons (Fsp3) is 0.217. The number of carboxylic acid groups (broad SMARTS) is 1. The van der Waals surface area contributed by atoms with Gasteiger partial charge in [-0.1, -0.05) is 60.7 Å². The van der Waals surface area contributed by atoms with E-state index in [4.69, 9.17) is 5.73 Å². The standard InChI is InChI=1S/C23H24N2O3S/c24-15-7-12-18(23(27)28)25-22(26)20-14-13-19(29-20)21(16-8-3-1-4-9-16)17-10-5-2-6-11-17/h1-6,8-11,13-14,18,21H,7,12,15,24H2,(H,25,26)(H,27,28). The molecule has 1 amide bonds. The third-order valence-corrected chi connectivity index (χ3v) is 5.85. The molecule has 0 fully saturated rings. The van der Waals surface area contributed by atoms with Crippen molar-refractivity contribution in [1.29, 1.82) is 0 Å². The second kappa shape index (κ2) is 10.0. The van der Waals surface area contributed by atoms with Gasteiger partial charge >= 0.3 is 5.97 Å². The molecule has 3 aromatic rings. The van der Waals surface area contributed by atoms with Crippen molar-refractivity contribution >= 4 is 23.2 Å². The number of rotatable bonds is 9. The first-order chi connectivity index (χ1) is 14.1. The minimum atomic E-state index is -1.05. The van der Waals surface area contributed by atoms with Crippen LogP contribution in [0.3, 0.4) is 0 Å². The summed E-state index contributed by atoms with van der Waals surface area (Å²) in [5, 5.41) is 12.0. The van der Waals surface area contributed by atoms with E-state index in [0.717, 1.165) is 16.0 Å². The maximum absolute atomic E-state index is 12.6. The van der Waals surface area contributed by atoms with Gasteiger partial charge in [0, 0.05) is 10.8 Å². The van der Waals surface area contributed by atoms with Crippen LogP contribution in [0.1, 0.15) is 44.4 Å². The van der Waals surface area contributed by atoms with Crippen molar-refractivity contribution in [1.82, 2.24) is 5.32 Å². The van der Waals surface area contributed by atoms with Crippen molar-refractivity contribution in [3.63, 3.8) is 0 Å². The van der Waals surface area contributed by atoms with Crippen LogP contribution >= 0.6 is 11.3 Å². The summed E-state index contributed by atoms with van der Waals surface area (Å²) in [4.78, 5) is 25.6. The number of nitrogens with one attached hydrogen (secondary N) is 1. The van der Waals surface area contributed by atoms with Gasteiger partial charge in [0.25, 0.3) is 5.91 Å². The normalized spacial score (nSPS) is 11.9. The van der Waals surface area contributed by atoms with Gasteiger partial charge in [-0.2, -0.15) is 0 Å². The molecule has 0 saturated heterocycles. The average molecular weight is 409 g/mol. The molecule has 0 bridgehead atoms. The second-order valence-corrected chi connectivity index (χ2v) is 7.87. The number of hydrogen-bond acceptors (Lipinski definition) is 4. The van der Waals surface area contributed by atoms with E-state index in [1.54, 1.807) is 6.07 Å². The first-order valence-corrected chi connectivity index (χ1v) is 10.3. The molecule has 3 rings (SSSR count). The van der Waals surface area contributed by atoms with E-state index in [9.17, 15) is 14.7 Å². The highest BCUT2D eigenvalue weighted by atomic mass is 32.1. The van der Waals surface area contributed by atoms with Crippen molar-refractivity contribution in [3.05, 3.63) is 93.7 Å². The summed E-state index contributed by atoms with van der Waals surface area (Å²) in [6.45, 7) is 0.388. The Morgan fingerprint density at radius 1 is 0.931 bits per heavy atom. The number of carbonyl (C=O) groups is 2. The molecule has 150 valence electrons. The Bertz CT molecular complexity index is 902. The van der Waals surface area contributed by atoms with Crippen LogP contribution in [0.15, 0.2) is 72.8 Å². The van der Waals surface area contributed by atoms with E-state index >= 15 is 0 Å². The van der Waals surface area contributed by atoms with Gasteiger partial charge in [-0.25, -0.2) is 4.79 Å². The van der Waals surface area contributed by atoms with E-state index in [0.29, 0.717) is 24.3 Å². The molecular weight excluding hydrogens is 384 g/mol. The van der Waals surface area contributed by atoms with E-state index in [2.05, 4.69) is 29.6 Å². The quantitative estimate of drug-likeness (QED) is 0.501. The van der Waals surface area contributed by atoms with Gasteiger partial charge in [0.2, 0.25) is 0 Å². The van der Waals surface area contributed by atoms with Crippen LogP contribution in [0.2, 0.25) is 0 Å². The highest BCUT2D eigenvalue weighted by Crippen LogP contribution is 2.36. The van der Waals surface area contributed by atoms with Crippen molar-refractivity contribution in [2.24, 2.45) is 5.73 Å². The highest BCUT2D eigenvalue weighted by molar-refractivity contribution is 7.14. The predicted molar refractivity (Wildman–Crippen MR) is 115 cm³/mol. The summed E-state index contributed by atoms with van der Waals surface area (Å²) >= 11 is 1.39. The molecule has 0 saturated carbocycles. The number of carbonyl (C=O) groups excluding carboxylic acids is 1. The SMILES string of the molecule is NCCCC(NC(=O)c1ccc(C(c2ccccc2)c2ccccc2)s1)C(=O)O. The van der Waals surface area contributed by atoms with Crippen LogP contribution in [0.25, 0.3) is 0 Å². The number of nitrogens with two attached hydrogens (primary N) is 1. The fourth-order valence-electron chi connectivity index (χ4n) is 3.25. The summed E-state index contributed by atoms with van der Waals surface area (Å²) in [6.07, 6.45) is 0.851. The van der Waals surface area contributed by atoms with E-state index in [1.807, 2.05) is 42.5 Å². The van der Waals surface area contributed by atoms with Crippen LogP contribution in [0.4, 0.5) is 0 Å². The van der Waals surface area contributed by atoms with Gasteiger partial charge in [0.1, 0.15) is 6.04 Å². The molecule has 1 heterocycles. The molecule has 0 aliphatic rings. The number of hydrogen-bond donors (Lipinski definition) is 3. The zero-order valence-electron chi connectivity index (χ0n) is 16.0. The average Bonchev–Trinajstić information content (AvgIpc) is 3.22. The maximum Gasteiger partial charge on any atom is 0.326 e. The molecule has 0 radical (unpaired) electrons. The minimum absolute atomic E-state index is 0.0106. The van der Waals surface area contributed by atoms with Crippen molar-refractivity contribution in [2.75, 3.05) is 6.54 Å².